The molecule has 0 aliphatic carbocycles. The lowest BCUT2D eigenvalue weighted by molar-refractivity contribution is 0.118. The van der Waals surface area contributed by atoms with Crippen molar-refractivity contribution in [2.75, 3.05) is 6.61 Å². The highest BCUT2D eigenvalue weighted by molar-refractivity contribution is 7.46. The molecule has 0 aromatic carbocycles. The van der Waals surface area contributed by atoms with E-state index in [1.54, 1.807) is 6.08 Å². The maximum Gasteiger partial charge on any atom is 0.470 e. The van der Waals surface area contributed by atoms with E-state index in [-0.39, 0.29) is 12.7 Å². The summed E-state index contributed by atoms with van der Waals surface area (Å²) in [6.07, 6.45) is 2.61. The van der Waals surface area contributed by atoms with Crippen molar-refractivity contribution in [1.82, 2.24) is 0 Å². The first-order chi connectivity index (χ1) is 5.47. The zero-order chi connectivity index (χ0) is 9.19. The van der Waals surface area contributed by atoms with Crippen LogP contribution in [0.3, 0.4) is 0 Å². The first-order valence-electron chi connectivity index (χ1n) is 3.53. The molecule has 2 N–H and O–H groups in total. The fraction of sp³-hybridized carbons (Fsp3) is 0.667. The number of hydrogen-bond donors (Lipinski definition) is 2. The topological polar surface area (TPSA) is 76.0 Å². The quantitative estimate of drug-likeness (QED) is 0.649. The summed E-state index contributed by atoms with van der Waals surface area (Å²) < 4.78 is 19.6. The second-order valence-corrected chi connectivity index (χ2v) is 3.84. The Balaban J connectivity index is 2.30. The highest BCUT2D eigenvalue weighted by Gasteiger charge is 2.18. The van der Waals surface area contributed by atoms with Crippen LogP contribution in [0.1, 0.15) is 13.3 Å². The zero-order valence-corrected chi connectivity index (χ0v) is 7.53. The van der Waals surface area contributed by atoms with Crippen LogP contribution in [0, 0.1) is 0 Å². The van der Waals surface area contributed by atoms with Crippen LogP contribution in [0.15, 0.2) is 11.8 Å². The molecule has 1 heterocycles. The Bertz CT molecular complexity index is 230. The van der Waals surface area contributed by atoms with Crippen molar-refractivity contribution in [2.24, 2.45) is 0 Å². The minimum absolute atomic E-state index is 0.0837. The van der Waals surface area contributed by atoms with E-state index in [2.05, 4.69) is 4.52 Å². The van der Waals surface area contributed by atoms with E-state index >= 15 is 0 Å². The molecule has 0 amide bonds. The lowest BCUT2D eigenvalue weighted by Crippen LogP contribution is -2.02. The molecule has 70 valence electrons. The van der Waals surface area contributed by atoms with Gasteiger partial charge in [0.2, 0.25) is 0 Å². The highest BCUT2D eigenvalue weighted by Crippen LogP contribution is 2.36. The smallest absolute Gasteiger partial charge is 0.470 e. The molecular formula is C6H11O5P. The molecular weight excluding hydrogens is 183 g/mol. The van der Waals surface area contributed by atoms with Crippen molar-refractivity contribution < 1.29 is 23.6 Å². The summed E-state index contributed by atoms with van der Waals surface area (Å²) in [6.45, 7) is 1.72. The van der Waals surface area contributed by atoms with Gasteiger partial charge in [0.05, 0.1) is 6.10 Å². The van der Waals surface area contributed by atoms with Crippen LogP contribution in [0.5, 0.6) is 0 Å². The van der Waals surface area contributed by atoms with Crippen molar-refractivity contribution in [3.8, 4) is 0 Å². The molecule has 1 unspecified atom stereocenters. The number of phosphoric ester groups is 1. The molecule has 0 radical (unpaired) electrons. The molecule has 0 saturated heterocycles. The van der Waals surface area contributed by atoms with E-state index < -0.39 is 7.82 Å². The Hall–Kier alpha value is -0.350. The molecule has 0 fully saturated rings. The summed E-state index contributed by atoms with van der Waals surface area (Å²) in [5.41, 5.74) is 0. The summed E-state index contributed by atoms with van der Waals surface area (Å²) in [6, 6.07) is 0. The fourth-order valence-electron chi connectivity index (χ4n) is 0.893. The summed E-state index contributed by atoms with van der Waals surface area (Å²) in [7, 11) is -4.36. The second-order valence-electron chi connectivity index (χ2n) is 2.60. The van der Waals surface area contributed by atoms with Gasteiger partial charge in [0.25, 0.3) is 0 Å². The first-order valence-corrected chi connectivity index (χ1v) is 5.06. The molecule has 1 rings (SSSR count). The molecule has 0 saturated carbocycles. The van der Waals surface area contributed by atoms with E-state index in [0.29, 0.717) is 5.76 Å². The minimum atomic E-state index is -4.36. The largest absolute Gasteiger partial charge is 0.493 e. The Morgan fingerprint density at radius 2 is 2.50 bits per heavy atom. The predicted molar refractivity (Wildman–Crippen MR) is 41.2 cm³/mol. The summed E-state index contributed by atoms with van der Waals surface area (Å²) >= 11 is 0. The lowest BCUT2D eigenvalue weighted by atomic mass is 10.3. The zero-order valence-electron chi connectivity index (χ0n) is 6.64. The first kappa shape index (κ1) is 9.74. The van der Waals surface area contributed by atoms with E-state index in [4.69, 9.17) is 14.5 Å². The normalized spacial score (nSPS) is 23.6. The van der Waals surface area contributed by atoms with E-state index in [0.717, 1.165) is 6.42 Å². The Morgan fingerprint density at radius 1 is 1.83 bits per heavy atom. The number of hydrogen-bond acceptors (Lipinski definition) is 3. The van der Waals surface area contributed by atoms with Crippen molar-refractivity contribution in [2.45, 2.75) is 19.4 Å². The third-order valence-electron chi connectivity index (χ3n) is 1.40. The van der Waals surface area contributed by atoms with Crippen LogP contribution in [0.4, 0.5) is 0 Å². The summed E-state index contributed by atoms with van der Waals surface area (Å²) in [4.78, 5) is 16.7. The van der Waals surface area contributed by atoms with E-state index in [1.807, 2.05) is 6.92 Å². The molecule has 6 heteroatoms. The van der Waals surface area contributed by atoms with Gasteiger partial charge in [-0.3, -0.25) is 4.52 Å². The van der Waals surface area contributed by atoms with Crippen LogP contribution >= 0.6 is 7.82 Å². The molecule has 5 nitrogen and oxygen atoms in total. The summed E-state index contributed by atoms with van der Waals surface area (Å²) in [5, 5.41) is 0. The van der Waals surface area contributed by atoms with Gasteiger partial charge < -0.3 is 14.5 Å². The second kappa shape index (κ2) is 3.58. The molecule has 1 atom stereocenters. The minimum Gasteiger partial charge on any atom is -0.493 e. The van der Waals surface area contributed by atoms with Crippen LogP contribution in [-0.4, -0.2) is 22.5 Å². The van der Waals surface area contributed by atoms with Crippen LogP contribution in [0.2, 0.25) is 0 Å². The maximum absolute atomic E-state index is 10.3. The molecule has 1 aliphatic heterocycles. The fourth-order valence-corrected chi connectivity index (χ4v) is 1.19. The van der Waals surface area contributed by atoms with Crippen LogP contribution in [-0.2, 0) is 13.8 Å². The van der Waals surface area contributed by atoms with Gasteiger partial charge in [-0.1, -0.05) is 0 Å². The van der Waals surface area contributed by atoms with Crippen molar-refractivity contribution in [3.63, 3.8) is 0 Å². The third kappa shape index (κ3) is 3.36. The van der Waals surface area contributed by atoms with Crippen LogP contribution in [0.25, 0.3) is 0 Å². The molecule has 12 heavy (non-hydrogen) atoms. The number of ether oxygens (including phenoxy) is 1. The Kier molecular flexibility index (Phi) is 2.90. The third-order valence-corrected chi connectivity index (χ3v) is 1.87. The Morgan fingerprint density at radius 3 is 2.92 bits per heavy atom. The van der Waals surface area contributed by atoms with Gasteiger partial charge in [-0.2, -0.15) is 0 Å². The summed E-state index contributed by atoms with van der Waals surface area (Å²) in [5.74, 6) is 0.492. The van der Waals surface area contributed by atoms with Gasteiger partial charge >= 0.3 is 7.82 Å². The highest BCUT2D eigenvalue weighted by atomic mass is 31.2. The van der Waals surface area contributed by atoms with Crippen molar-refractivity contribution in [1.29, 1.82) is 0 Å². The van der Waals surface area contributed by atoms with E-state index in [9.17, 15) is 4.57 Å². The van der Waals surface area contributed by atoms with E-state index in [1.165, 1.54) is 0 Å². The SMILES string of the molecule is CC1CC=C(COP(=O)(O)O)O1. The van der Waals surface area contributed by atoms with Crippen molar-refractivity contribution in [3.05, 3.63) is 11.8 Å². The Labute approximate surface area is 70.2 Å². The van der Waals surface area contributed by atoms with Gasteiger partial charge in [0.1, 0.15) is 12.4 Å². The van der Waals surface area contributed by atoms with Gasteiger partial charge in [0, 0.05) is 6.42 Å². The molecule has 0 aromatic rings. The van der Waals surface area contributed by atoms with Gasteiger partial charge in [-0.25, -0.2) is 4.57 Å². The monoisotopic (exact) mass is 194 g/mol. The van der Waals surface area contributed by atoms with Gasteiger partial charge in [-0.05, 0) is 13.0 Å². The molecule has 1 aliphatic rings. The standard InChI is InChI=1S/C6H11O5P/c1-5-2-3-6(11-5)4-10-12(7,8)9/h3,5H,2,4H2,1H3,(H2,7,8,9). The number of phosphoric acid groups is 1. The maximum atomic E-state index is 10.3. The van der Waals surface area contributed by atoms with Crippen LogP contribution < -0.4 is 0 Å². The predicted octanol–water partition coefficient (Wildman–Crippen LogP) is 0.788. The molecule has 0 spiro atoms. The molecule has 0 aromatic heterocycles. The average molecular weight is 194 g/mol. The average Bonchev–Trinajstić information content (AvgIpc) is 2.30. The van der Waals surface area contributed by atoms with Crippen molar-refractivity contribution >= 4 is 7.82 Å². The van der Waals surface area contributed by atoms with Gasteiger partial charge in [-0.15, -0.1) is 0 Å². The molecule has 0 bridgehead atoms. The lowest BCUT2D eigenvalue weighted by Gasteiger charge is -2.08. The number of rotatable bonds is 3. The van der Waals surface area contributed by atoms with Gasteiger partial charge in [0.15, 0.2) is 0 Å².